The summed E-state index contributed by atoms with van der Waals surface area (Å²) in [5.41, 5.74) is -1.53. The maximum atomic E-state index is 12.6. The number of carbonyl (C=O) groups excluding carboxylic acids is 1. The van der Waals surface area contributed by atoms with Crippen LogP contribution in [-0.2, 0) is 20.8 Å². The number of aldehydes is 1. The van der Waals surface area contributed by atoms with Gasteiger partial charge in [0.25, 0.3) is 0 Å². The molecule has 0 N–H and O–H groups in total. The standard InChI is InChI=1S/C10H5F3O3S/c11-10(12,13)8-2-1-3-9-7(8)4-6(5-14)17(9,15)16/h1-5H. The van der Waals surface area contributed by atoms with Gasteiger partial charge in [-0.15, -0.1) is 0 Å². The number of alkyl halides is 3. The van der Waals surface area contributed by atoms with E-state index in [0.29, 0.717) is 0 Å². The van der Waals surface area contributed by atoms with E-state index in [2.05, 4.69) is 0 Å². The zero-order valence-electron chi connectivity index (χ0n) is 8.15. The third kappa shape index (κ3) is 1.66. The Morgan fingerprint density at radius 1 is 1.18 bits per heavy atom. The van der Waals surface area contributed by atoms with Gasteiger partial charge >= 0.3 is 6.18 Å². The monoisotopic (exact) mass is 262 g/mol. The minimum absolute atomic E-state index is 0.0372. The van der Waals surface area contributed by atoms with Crippen LogP contribution in [0.3, 0.4) is 0 Å². The molecule has 0 aromatic heterocycles. The first kappa shape index (κ1) is 11.8. The van der Waals surface area contributed by atoms with Crippen molar-refractivity contribution in [2.75, 3.05) is 0 Å². The van der Waals surface area contributed by atoms with Crippen LogP contribution in [0, 0.1) is 0 Å². The molecule has 2 rings (SSSR count). The predicted octanol–water partition coefficient (Wildman–Crippen LogP) is 2.03. The van der Waals surface area contributed by atoms with Crippen LogP contribution >= 0.6 is 0 Å². The van der Waals surface area contributed by atoms with Crippen molar-refractivity contribution in [2.24, 2.45) is 0 Å². The molecule has 0 saturated carbocycles. The minimum atomic E-state index is -4.66. The number of allylic oxidation sites excluding steroid dienone is 1. The Hall–Kier alpha value is -1.63. The molecular formula is C10H5F3O3S. The molecule has 1 aliphatic heterocycles. The highest BCUT2D eigenvalue weighted by Gasteiger charge is 2.39. The highest BCUT2D eigenvalue weighted by molar-refractivity contribution is 7.96. The summed E-state index contributed by atoms with van der Waals surface area (Å²) in [6.07, 6.45) is -3.87. The molecule has 0 atom stereocenters. The molecule has 1 aliphatic rings. The van der Waals surface area contributed by atoms with E-state index in [9.17, 15) is 26.4 Å². The topological polar surface area (TPSA) is 51.2 Å². The van der Waals surface area contributed by atoms with E-state index in [1.807, 2.05) is 0 Å². The number of rotatable bonds is 1. The Bertz CT molecular complexity index is 627. The molecule has 1 aromatic rings. The summed E-state index contributed by atoms with van der Waals surface area (Å²) in [5, 5.41) is 0. The lowest BCUT2D eigenvalue weighted by Gasteiger charge is -2.09. The molecule has 7 heteroatoms. The quantitative estimate of drug-likeness (QED) is 0.728. The molecule has 0 unspecified atom stereocenters. The summed E-state index contributed by atoms with van der Waals surface area (Å²) in [6.45, 7) is 0. The maximum absolute atomic E-state index is 12.6. The van der Waals surface area contributed by atoms with Gasteiger partial charge in [0.2, 0.25) is 9.84 Å². The number of carbonyl (C=O) groups is 1. The van der Waals surface area contributed by atoms with Crippen molar-refractivity contribution in [3.8, 4) is 0 Å². The van der Waals surface area contributed by atoms with Crippen LogP contribution in [0.4, 0.5) is 13.2 Å². The summed E-state index contributed by atoms with van der Waals surface area (Å²) >= 11 is 0. The van der Waals surface area contributed by atoms with E-state index in [0.717, 1.165) is 24.3 Å². The molecule has 0 bridgehead atoms. The van der Waals surface area contributed by atoms with Crippen molar-refractivity contribution in [2.45, 2.75) is 11.1 Å². The fourth-order valence-corrected chi connectivity index (χ4v) is 2.99. The second-order valence-corrected chi connectivity index (χ2v) is 5.30. The molecular weight excluding hydrogens is 257 g/mol. The van der Waals surface area contributed by atoms with Gasteiger partial charge < -0.3 is 0 Å². The van der Waals surface area contributed by atoms with Crippen LogP contribution in [0.5, 0.6) is 0 Å². The number of benzene rings is 1. The van der Waals surface area contributed by atoms with E-state index < -0.39 is 36.9 Å². The fraction of sp³-hybridized carbons (Fsp3) is 0.100. The first-order valence-electron chi connectivity index (χ1n) is 4.40. The third-order valence-corrected chi connectivity index (χ3v) is 4.14. The first-order valence-corrected chi connectivity index (χ1v) is 5.89. The Labute approximate surface area is 94.5 Å². The molecule has 90 valence electrons. The molecule has 3 nitrogen and oxygen atoms in total. The van der Waals surface area contributed by atoms with Gasteiger partial charge in [0.15, 0.2) is 6.29 Å². The smallest absolute Gasteiger partial charge is 0.297 e. The van der Waals surface area contributed by atoms with Crippen molar-refractivity contribution in [3.05, 3.63) is 34.2 Å². The minimum Gasteiger partial charge on any atom is -0.297 e. The lowest BCUT2D eigenvalue weighted by molar-refractivity contribution is -0.137. The molecule has 0 radical (unpaired) electrons. The van der Waals surface area contributed by atoms with E-state index in [1.165, 1.54) is 0 Å². The van der Waals surface area contributed by atoms with Crippen molar-refractivity contribution in [1.82, 2.24) is 0 Å². The number of halogens is 3. The third-order valence-electron chi connectivity index (χ3n) is 2.37. The Kier molecular flexibility index (Phi) is 2.39. The van der Waals surface area contributed by atoms with E-state index >= 15 is 0 Å². The van der Waals surface area contributed by atoms with Crippen LogP contribution in [0.25, 0.3) is 6.08 Å². The van der Waals surface area contributed by atoms with Gasteiger partial charge in [-0.25, -0.2) is 8.42 Å². The molecule has 1 heterocycles. The molecule has 1 aromatic carbocycles. The van der Waals surface area contributed by atoms with E-state index in [1.54, 1.807) is 0 Å². The van der Waals surface area contributed by atoms with Gasteiger partial charge in [-0.3, -0.25) is 4.79 Å². The van der Waals surface area contributed by atoms with Gasteiger partial charge in [0.1, 0.15) is 4.91 Å². The second kappa shape index (κ2) is 3.43. The lowest BCUT2D eigenvalue weighted by Crippen LogP contribution is -2.08. The zero-order valence-corrected chi connectivity index (χ0v) is 8.97. The normalized spacial score (nSPS) is 17.5. The van der Waals surface area contributed by atoms with Crippen molar-refractivity contribution < 1.29 is 26.4 Å². The summed E-state index contributed by atoms with van der Waals surface area (Å²) in [4.78, 5) is 9.40. The highest BCUT2D eigenvalue weighted by Crippen LogP contribution is 2.40. The van der Waals surface area contributed by atoms with Crippen LogP contribution < -0.4 is 0 Å². The van der Waals surface area contributed by atoms with E-state index in [-0.39, 0.29) is 6.29 Å². The average molecular weight is 262 g/mol. The first-order chi connectivity index (χ1) is 7.78. The summed E-state index contributed by atoms with van der Waals surface area (Å²) in [7, 11) is -4.09. The number of hydrogen-bond donors (Lipinski definition) is 0. The Balaban J connectivity index is 2.81. The van der Waals surface area contributed by atoms with Gasteiger partial charge in [-0.2, -0.15) is 13.2 Å². The molecule has 0 fully saturated rings. The van der Waals surface area contributed by atoms with Gasteiger partial charge in [-0.1, -0.05) is 6.07 Å². The summed E-state index contributed by atoms with van der Waals surface area (Å²) in [6, 6.07) is 2.83. The molecule has 17 heavy (non-hydrogen) atoms. The van der Waals surface area contributed by atoms with Gasteiger partial charge in [-0.05, 0) is 18.2 Å². The number of fused-ring (bicyclic) bond motifs is 1. The molecule has 0 saturated heterocycles. The molecule has 0 spiro atoms. The Morgan fingerprint density at radius 3 is 2.35 bits per heavy atom. The number of sulfone groups is 1. The zero-order chi connectivity index (χ0) is 12.8. The lowest BCUT2D eigenvalue weighted by atomic mass is 10.1. The maximum Gasteiger partial charge on any atom is 0.417 e. The van der Waals surface area contributed by atoms with Crippen LogP contribution in [-0.4, -0.2) is 14.7 Å². The SMILES string of the molecule is O=CC1=Cc2c(C(F)(F)F)cccc2S1(=O)=O. The van der Waals surface area contributed by atoms with Gasteiger partial charge in [0, 0.05) is 5.56 Å². The van der Waals surface area contributed by atoms with Crippen molar-refractivity contribution in [1.29, 1.82) is 0 Å². The average Bonchev–Trinajstić information content (AvgIpc) is 2.48. The largest absolute Gasteiger partial charge is 0.417 e. The van der Waals surface area contributed by atoms with E-state index in [4.69, 9.17) is 0 Å². The van der Waals surface area contributed by atoms with Crippen LogP contribution in [0.15, 0.2) is 28.0 Å². The fourth-order valence-electron chi connectivity index (χ4n) is 1.62. The van der Waals surface area contributed by atoms with Crippen molar-refractivity contribution in [3.63, 3.8) is 0 Å². The molecule has 0 amide bonds. The predicted molar refractivity (Wildman–Crippen MR) is 52.7 cm³/mol. The van der Waals surface area contributed by atoms with Crippen molar-refractivity contribution >= 4 is 22.2 Å². The summed E-state index contributed by atoms with van der Waals surface area (Å²) in [5.74, 6) is 0. The molecule has 0 aliphatic carbocycles. The van der Waals surface area contributed by atoms with Gasteiger partial charge in [0.05, 0.1) is 10.5 Å². The highest BCUT2D eigenvalue weighted by atomic mass is 32.2. The van der Waals surface area contributed by atoms with Crippen LogP contribution in [0.2, 0.25) is 0 Å². The Morgan fingerprint density at radius 2 is 1.82 bits per heavy atom. The number of hydrogen-bond acceptors (Lipinski definition) is 3. The van der Waals surface area contributed by atoms with Crippen LogP contribution in [0.1, 0.15) is 11.1 Å². The second-order valence-electron chi connectivity index (χ2n) is 3.38. The summed E-state index contributed by atoms with van der Waals surface area (Å²) < 4.78 is 61.1.